The molecule has 0 saturated heterocycles. The zero-order valence-electron chi connectivity index (χ0n) is 18.0. The highest BCUT2D eigenvalue weighted by Gasteiger charge is 2.21. The van der Waals surface area contributed by atoms with E-state index in [1.807, 2.05) is 43.3 Å². The van der Waals surface area contributed by atoms with Gasteiger partial charge in [0.1, 0.15) is 5.75 Å². The van der Waals surface area contributed by atoms with Crippen molar-refractivity contribution in [2.75, 3.05) is 11.5 Å². The topological polar surface area (TPSA) is 55.3 Å². The van der Waals surface area contributed by atoms with E-state index in [0.717, 1.165) is 27.1 Å². The molecule has 0 aliphatic carbocycles. The number of aromatic nitrogens is 2. The van der Waals surface area contributed by atoms with E-state index in [-0.39, 0.29) is 5.91 Å². The minimum atomic E-state index is 0.000475. The Balaban J connectivity index is 1.64. The Morgan fingerprint density at radius 1 is 1.06 bits per heavy atom. The molecule has 2 aromatic heterocycles. The van der Waals surface area contributed by atoms with Gasteiger partial charge in [0.05, 0.1) is 29.8 Å². The van der Waals surface area contributed by atoms with Gasteiger partial charge in [-0.2, -0.15) is 0 Å². The molecule has 2 heterocycles. The summed E-state index contributed by atoms with van der Waals surface area (Å²) in [6.45, 7) is 7.18. The standard InChI is InChI=1S/C25H25N3O2S/c1-4-30-21-9-7-19(8-10-21)14-24(29)28(16-20-6-5-11-26-15-20)25-27-22-12-17(2)18(3)13-23(22)31-25/h5-13,15H,4,14,16H2,1-3H3. The highest BCUT2D eigenvalue weighted by molar-refractivity contribution is 7.22. The van der Waals surface area contributed by atoms with Gasteiger partial charge in [-0.15, -0.1) is 0 Å². The molecule has 0 aliphatic heterocycles. The maximum atomic E-state index is 13.4. The summed E-state index contributed by atoms with van der Waals surface area (Å²) in [5.74, 6) is 0.809. The van der Waals surface area contributed by atoms with E-state index >= 15 is 0 Å². The Bertz CT molecular complexity index is 1150. The van der Waals surface area contributed by atoms with Crippen LogP contribution in [0.5, 0.6) is 5.75 Å². The molecule has 0 atom stereocenters. The molecule has 5 nitrogen and oxygen atoms in total. The Kier molecular flexibility index (Phi) is 6.28. The number of carbonyl (C=O) groups is 1. The van der Waals surface area contributed by atoms with Crippen LogP contribution >= 0.6 is 11.3 Å². The lowest BCUT2D eigenvalue weighted by molar-refractivity contribution is -0.118. The van der Waals surface area contributed by atoms with Gasteiger partial charge in [-0.25, -0.2) is 4.98 Å². The zero-order valence-corrected chi connectivity index (χ0v) is 18.8. The maximum absolute atomic E-state index is 13.4. The van der Waals surface area contributed by atoms with Crippen LogP contribution in [0.4, 0.5) is 5.13 Å². The molecule has 31 heavy (non-hydrogen) atoms. The second kappa shape index (κ2) is 9.27. The predicted molar refractivity (Wildman–Crippen MR) is 126 cm³/mol. The van der Waals surface area contributed by atoms with Crippen molar-refractivity contribution in [2.24, 2.45) is 0 Å². The molecule has 0 fully saturated rings. The first-order valence-electron chi connectivity index (χ1n) is 10.3. The van der Waals surface area contributed by atoms with E-state index in [1.54, 1.807) is 28.6 Å². The third-order valence-corrected chi connectivity index (χ3v) is 6.22. The molecule has 6 heteroatoms. The van der Waals surface area contributed by atoms with Crippen molar-refractivity contribution in [3.63, 3.8) is 0 Å². The largest absolute Gasteiger partial charge is 0.494 e. The molecule has 4 rings (SSSR count). The lowest BCUT2D eigenvalue weighted by atomic mass is 10.1. The fourth-order valence-corrected chi connectivity index (χ4v) is 4.42. The van der Waals surface area contributed by atoms with Gasteiger partial charge in [-0.1, -0.05) is 29.5 Å². The number of hydrogen-bond acceptors (Lipinski definition) is 5. The second-order valence-corrected chi connectivity index (χ2v) is 8.50. The first kappa shape index (κ1) is 21.0. The molecule has 1 amide bonds. The van der Waals surface area contributed by atoms with Crippen molar-refractivity contribution in [1.29, 1.82) is 0 Å². The zero-order chi connectivity index (χ0) is 21.8. The number of thiazole rings is 1. The molecule has 0 N–H and O–H groups in total. The van der Waals surface area contributed by atoms with Crippen molar-refractivity contribution < 1.29 is 9.53 Å². The van der Waals surface area contributed by atoms with Crippen molar-refractivity contribution in [1.82, 2.24) is 9.97 Å². The number of carbonyl (C=O) groups excluding carboxylic acids is 1. The number of hydrogen-bond donors (Lipinski definition) is 0. The number of aryl methyl sites for hydroxylation is 2. The van der Waals surface area contributed by atoms with Crippen LogP contribution in [-0.4, -0.2) is 22.5 Å². The molecule has 0 aliphatic rings. The average molecular weight is 432 g/mol. The van der Waals surface area contributed by atoms with E-state index in [2.05, 4.69) is 31.0 Å². The molecule has 0 radical (unpaired) electrons. The number of nitrogens with zero attached hydrogens (tertiary/aromatic N) is 3. The normalized spacial score (nSPS) is 10.9. The highest BCUT2D eigenvalue weighted by atomic mass is 32.1. The lowest BCUT2D eigenvalue weighted by Gasteiger charge is -2.20. The number of amides is 1. The first-order valence-corrected chi connectivity index (χ1v) is 11.1. The summed E-state index contributed by atoms with van der Waals surface area (Å²) in [5, 5.41) is 0.708. The highest BCUT2D eigenvalue weighted by Crippen LogP contribution is 2.32. The Morgan fingerprint density at radius 2 is 1.84 bits per heavy atom. The van der Waals surface area contributed by atoms with Crippen LogP contribution in [0.25, 0.3) is 10.2 Å². The van der Waals surface area contributed by atoms with Gasteiger partial charge in [0.2, 0.25) is 5.91 Å². The monoisotopic (exact) mass is 431 g/mol. The molecule has 2 aromatic carbocycles. The quantitative estimate of drug-likeness (QED) is 0.389. The summed E-state index contributed by atoms with van der Waals surface area (Å²) in [7, 11) is 0. The van der Waals surface area contributed by atoms with Crippen molar-refractivity contribution >= 4 is 32.6 Å². The van der Waals surface area contributed by atoms with Gasteiger partial charge in [-0.05, 0) is 73.4 Å². The third-order valence-electron chi connectivity index (χ3n) is 5.18. The molecule has 0 saturated carbocycles. The summed E-state index contributed by atoms with van der Waals surface area (Å²) < 4.78 is 6.59. The summed E-state index contributed by atoms with van der Waals surface area (Å²) in [5.41, 5.74) is 5.26. The van der Waals surface area contributed by atoms with Crippen LogP contribution < -0.4 is 9.64 Å². The van der Waals surface area contributed by atoms with Gasteiger partial charge in [-0.3, -0.25) is 14.7 Å². The molecule has 158 valence electrons. The smallest absolute Gasteiger partial charge is 0.233 e. The number of rotatable bonds is 7. The van der Waals surface area contributed by atoms with Crippen molar-refractivity contribution in [3.05, 3.63) is 83.2 Å². The fraction of sp³-hybridized carbons (Fsp3) is 0.240. The molecule has 4 aromatic rings. The molecule has 0 spiro atoms. The summed E-state index contributed by atoms with van der Waals surface area (Å²) >= 11 is 1.55. The van der Waals surface area contributed by atoms with Crippen LogP contribution in [0.2, 0.25) is 0 Å². The maximum Gasteiger partial charge on any atom is 0.233 e. The van der Waals surface area contributed by atoms with Crippen LogP contribution in [0, 0.1) is 13.8 Å². The van der Waals surface area contributed by atoms with Crippen LogP contribution in [0.1, 0.15) is 29.2 Å². The molecule has 0 bridgehead atoms. The minimum absolute atomic E-state index is 0.000475. The van der Waals surface area contributed by atoms with Gasteiger partial charge in [0.15, 0.2) is 5.13 Å². The first-order chi connectivity index (χ1) is 15.0. The Hall–Kier alpha value is -3.25. The molecule has 0 unspecified atom stereocenters. The summed E-state index contributed by atoms with van der Waals surface area (Å²) in [6, 6.07) is 15.8. The SMILES string of the molecule is CCOc1ccc(CC(=O)N(Cc2cccnc2)c2nc3cc(C)c(C)cc3s2)cc1. The van der Waals surface area contributed by atoms with E-state index < -0.39 is 0 Å². The number of ether oxygens (including phenoxy) is 1. The number of pyridine rings is 1. The fourth-order valence-electron chi connectivity index (χ4n) is 3.36. The Morgan fingerprint density at radius 3 is 2.55 bits per heavy atom. The van der Waals surface area contributed by atoms with Crippen molar-refractivity contribution in [3.8, 4) is 5.75 Å². The van der Waals surface area contributed by atoms with E-state index in [0.29, 0.717) is 24.7 Å². The second-order valence-electron chi connectivity index (χ2n) is 7.50. The van der Waals surface area contributed by atoms with Gasteiger partial charge in [0.25, 0.3) is 0 Å². The van der Waals surface area contributed by atoms with Crippen LogP contribution in [-0.2, 0) is 17.8 Å². The van der Waals surface area contributed by atoms with Gasteiger partial charge >= 0.3 is 0 Å². The lowest BCUT2D eigenvalue weighted by Crippen LogP contribution is -2.31. The summed E-state index contributed by atoms with van der Waals surface area (Å²) in [4.78, 5) is 24.1. The van der Waals surface area contributed by atoms with E-state index in [1.165, 1.54) is 11.1 Å². The summed E-state index contributed by atoms with van der Waals surface area (Å²) in [6.07, 6.45) is 3.82. The minimum Gasteiger partial charge on any atom is -0.494 e. The van der Waals surface area contributed by atoms with Gasteiger partial charge in [0, 0.05) is 12.4 Å². The van der Waals surface area contributed by atoms with E-state index in [9.17, 15) is 4.79 Å². The third kappa shape index (κ3) is 4.91. The number of fused-ring (bicyclic) bond motifs is 1. The predicted octanol–water partition coefficient (Wildman–Crippen LogP) is 5.48. The average Bonchev–Trinajstić information content (AvgIpc) is 3.17. The number of benzene rings is 2. The van der Waals surface area contributed by atoms with Crippen LogP contribution in [0.3, 0.4) is 0 Å². The molecular weight excluding hydrogens is 406 g/mol. The molecular formula is C25H25N3O2S. The van der Waals surface area contributed by atoms with Crippen LogP contribution in [0.15, 0.2) is 60.9 Å². The van der Waals surface area contributed by atoms with Crippen molar-refractivity contribution in [2.45, 2.75) is 33.7 Å². The Labute approximate surface area is 186 Å². The van der Waals surface area contributed by atoms with Gasteiger partial charge < -0.3 is 4.74 Å². The number of anilines is 1. The van der Waals surface area contributed by atoms with E-state index in [4.69, 9.17) is 9.72 Å².